The topological polar surface area (TPSA) is 141 Å². The van der Waals surface area contributed by atoms with Gasteiger partial charge in [0.2, 0.25) is 0 Å². The number of ether oxygens (including phenoxy) is 2. The van der Waals surface area contributed by atoms with Crippen molar-refractivity contribution >= 4 is 16.9 Å². The molecule has 0 aliphatic carbocycles. The SMILES string of the molecule is CC.CC.O=[N+]([O-])c1ccc(Oc2cc(Oc3ccc([N+](=O)[O-])cc3)cc(-c3ccc(C4=CC(C5=CC=CCN5)NC(C5C=CC=CN5)=C4)cc3)c2)cc1. The van der Waals surface area contributed by atoms with Crippen molar-refractivity contribution in [1.29, 1.82) is 0 Å². The Morgan fingerprint density at radius 2 is 1.20 bits per heavy atom. The van der Waals surface area contributed by atoms with Crippen LogP contribution in [-0.2, 0) is 0 Å². The van der Waals surface area contributed by atoms with Crippen LogP contribution in [-0.4, -0.2) is 28.5 Å². The Hall–Kier alpha value is -6.88. The highest BCUT2D eigenvalue weighted by Gasteiger charge is 2.23. The molecule has 3 aliphatic heterocycles. The molecule has 11 nitrogen and oxygen atoms in total. The van der Waals surface area contributed by atoms with Crippen molar-refractivity contribution in [3.05, 3.63) is 183 Å². The van der Waals surface area contributed by atoms with Gasteiger partial charge in [0.1, 0.15) is 23.0 Å². The number of nitro groups is 2. The Kier molecular flexibility index (Phi) is 13.2. The molecule has 0 fully saturated rings. The van der Waals surface area contributed by atoms with Gasteiger partial charge in [0, 0.05) is 48.3 Å². The standard InChI is InChI=1S/C39H31N5O6.2C2H6/c45-43(46)30-11-15-32(16-12-30)49-34-21-28(22-35(25-34)50-33-17-13-31(14-18-33)44(47)48)26-7-9-27(10-8-26)29-23-38(36-5-1-3-19-40-36)42-39(24-29)37-6-2-4-20-41-37;2*1-2/h1-19,21-25,36,39-42H,20H2;2*1-2H3. The van der Waals surface area contributed by atoms with Crippen molar-refractivity contribution in [2.24, 2.45) is 0 Å². The first-order valence-corrected chi connectivity index (χ1v) is 17.9. The Bertz CT molecular complexity index is 2040. The first-order chi connectivity index (χ1) is 26.4. The molecule has 0 aromatic heterocycles. The summed E-state index contributed by atoms with van der Waals surface area (Å²) in [6.07, 6.45) is 18.7. The van der Waals surface area contributed by atoms with E-state index in [9.17, 15) is 20.2 Å². The number of nitro benzene ring substituents is 2. The minimum atomic E-state index is -0.469. The molecule has 0 saturated heterocycles. The lowest BCUT2D eigenvalue weighted by atomic mass is 9.93. The molecule has 0 bridgehead atoms. The lowest BCUT2D eigenvalue weighted by molar-refractivity contribution is -0.385. The van der Waals surface area contributed by atoms with Gasteiger partial charge in [-0.05, 0) is 89.2 Å². The minimum absolute atomic E-state index is 0.0119. The molecule has 0 spiro atoms. The molecule has 276 valence electrons. The number of nitrogens with one attached hydrogen (secondary N) is 3. The summed E-state index contributed by atoms with van der Waals surface area (Å²) >= 11 is 0. The highest BCUT2D eigenvalue weighted by atomic mass is 16.6. The van der Waals surface area contributed by atoms with Crippen LogP contribution in [0.15, 0.2) is 157 Å². The zero-order valence-electron chi connectivity index (χ0n) is 30.6. The second kappa shape index (κ2) is 18.6. The van der Waals surface area contributed by atoms with Gasteiger partial charge in [-0.15, -0.1) is 0 Å². The summed E-state index contributed by atoms with van der Waals surface area (Å²) in [6, 6.07) is 25.2. The normalized spacial score (nSPS) is 16.6. The number of hydrogen-bond donors (Lipinski definition) is 3. The van der Waals surface area contributed by atoms with Crippen LogP contribution in [0.2, 0.25) is 0 Å². The van der Waals surface area contributed by atoms with E-state index in [-0.39, 0.29) is 23.5 Å². The third kappa shape index (κ3) is 9.71. The molecule has 3 aliphatic rings. The summed E-state index contributed by atoms with van der Waals surface area (Å²) in [7, 11) is 0. The van der Waals surface area contributed by atoms with E-state index in [0.29, 0.717) is 23.0 Å². The number of benzene rings is 4. The van der Waals surface area contributed by atoms with Crippen molar-refractivity contribution in [2.75, 3.05) is 6.54 Å². The third-order valence-electron chi connectivity index (χ3n) is 8.27. The summed E-state index contributed by atoms with van der Waals surface area (Å²) < 4.78 is 12.2. The zero-order valence-corrected chi connectivity index (χ0v) is 30.6. The van der Waals surface area contributed by atoms with Crippen molar-refractivity contribution in [1.82, 2.24) is 16.0 Å². The van der Waals surface area contributed by atoms with Crippen LogP contribution >= 0.6 is 0 Å². The van der Waals surface area contributed by atoms with E-state index in [4.69, 9.17) is 9.47 Å². The molecule has 0 radical (unpaired) electrons. The van der Waals surface area contributed by atoms with E-state index in [1.807, 2.05) is 70.3 Å². The molecule has 3 N–H and O–H groups in total. The van der Waals surface area contributed by atoms with Crippen LogP contribution in [0, 0.1) is 20.2 Å². The Morgan fingerprint density at radius 3 is 1.70 bits per heavy atom. The highest BCUT2D eigenvalue weighted by molar-refractivity contribution is 5.79. The van der Waals surface area contributed by atoms with Gasteiger partial charge in [0.25, 0.3) is 11.4 Å². The van der Waals surface area contributed by atoms with E-state index in [1.165, 1.54) is 48.5 Å². The smallest absolute Gasteiger partial charge is 0.269 e. The molecule has 54 heavy (non-hydrogen) atoms. The van der Waals surface area contributed by atoms with Crippen molar-refractivity contribution in [3.8, 4) is 34.1 Å². The fourth-order valence-electron chi connectivity index (χ4n) is 5.77. The molecule has 3 heterocycles. The predicted octanol–water partition coefficient (Wildman–Crippen LogP) is 10.1. The quantitative estimate of drug-likeness (QED) is 0.108. The number of hydrogen-bond acceptors (Lipinski definition) is 9. The van der Waals surface area contributed by atoms with E-state index in [0.717, 1.165) is 40.2 Å². The fourth-order valence-corrected chi connectivity index (χ4v) is 5.77. The predicted molar refractivity (Wildman–Crippen MR) is 214 cm³/mol. The Morgan fingerprint density at radius 1 is 0.630 bits per heavy atom. The van der Waals surface area contributed by atoms with E-state index < -0.39 is 9.85 Å². The first-order valence-electron chi connectivity index (χ1n) is 17.9. The summed E-state index contributed by atoms with van der Waals surface area (Å²) in [5.74, 6) is 1.71. The summed E-state index contributed by atoms with van der Waals surface area (Å²) in [5.41, 5.74) is 5.88. The molecular formula is C43H43N5O6. The lowest BCUT2D eigenvalue weighted by Gasteiger charge is -2.31. The van der Waals surface area contributed by atoms with Crippen molar-refractivity contribution < 1.29 is 19.3 Å². The second-order valence-corrected chi connectivity index (χ2v) is 11.6. The molecule has 0 saturated carbocycles. The van der Waals surface area contributed by atoms with Gasteiger partial charge < -0.3 is 25.4 Å². The largest absolute Gasteiger partial charge is 0.457 e. The number of dihydropyridines is 3. The maximum Gasteiger partial charge on any atom is 0.269 e. The van der Waals surface area contributed by atoms with E-state index >= 15 is 0 Å². The first kappa shape index (κ1) is 38.4. The van der Waals surface area contributed by atoms with Crippen LogP contribution in [0.3, 0.4) is 0 Å². The molecule has 11 heteroatoms. The van der Waals surface area contributed by atoms with Crippen LogP contribution in [0.5, 0.6) is 23.0 Å². The monoisotopic (exact) mass is 725 g/mol. The highest BCUT2D eigenvalue weighted by Crippen LogP contribution is 2.36. The molecule has 4 aromatic rings. The number of nitrogens with zero attached hydrogens (tertiary/aromatic N) is 2. The van der Waals surface area contributed by atoms with Gasteiger partial charge in [-0.3, -0.25) is 20.2 Å². The van der Waals surface area contributed by atoms with Crippen LogP contribution < -0.4 is 25.4 Å². The molecule has 2 unspecified atom stereocenters. The van der Waals surface area contributed by atoms with Gasteiger partial charge in [-0.2, -0.15) is 0 Å². The van der Waals surface area contributed by atoms with Gasteiger partial charge in [0.15, 0.2) is 0 Å². The second-order valence-electron chi connectivity index (χ2n) is 11.6. The molecule has 2 atom stereocenters. The van der Waals surface area contributed by atoms with Crippen LogP contribution in [0.25, 0.3) is 16.7 Å². The van der Waals surface area contributed by atoms with Gasteiger partial charge >= 0.3 is 0 Å². The number of rotatable bonds is 10. The van der Waals surface area contributed by atoms with Crippen molar-refractivity contribution in [3.63, 3.8) is 0 Å². The van der Waals surface area contributed by atoms with Crippen molar-refractivity contribution in [2.45, 2.75) is 39.8 Å². The third-order valence-corrected chi connectivity index (χ3v) is 8.27. The van der Waals surface area contributed by atoms with Gasteiger partial charge in [-0.1, -0.05) is 76.3 Å². The van der Waals surface area contributed by atoms with E-state index in [2.05, 4.69) is 64.5 Å². The average Bonchev–Trinajstić information content (AvgIpc) is 3.23. The zero-order chi connectivity index (χ0) is 38.5. The molecule has 7 rings (SSSR count). The van der Waals surface area contributed by atoms with Gasteiger partial charge in [-0.25, -0.2) is 0 Å². The minimum Gasteiger partial charge on any atom is -0.457 e. The Balaban J connectivity index is 0.00000136. The maximum absolute atomic E-state index is 11.1. The number of non-ortho nitro benzene ring substituents is 2. The van der Waals surface area contributed by atoms with E-state index in [1.54, 1.807) is 6.07 Å². The number of allylic oxidation sites excluding steroid dienone is 6. The summed E-state index contributed by atoms with van der Waals surface area (Å²) in [6.45, 7) is 8.77. The van der Waals surface area contributed by atoms with Crippen LogP contribution in [0.1, 0.15) is 33.3 Å². The molecule has 4 aromatic carbocycles. The van der Waals surface area contributed by atoms with Crippen LogP contribution in [0.4, 0.5) is 11.4 Å². The maximum atomic E-state index is 11.1. The Labute approximate surface area is 315 Å². The molecular weight excluding hydrogens is 683 g/mol. The average molecular weight is 726 g/mol. The fraction of sp³-hybridized carbons (Fsp3) is 0.163. The molecule has 0 amide bonds. The summed E-state index contributed by atoms with van der Waals surface area (Å²) in [5, 5.41) is 32.8. The lowest BCUT2D eigenvalue weighted by Crippen LogP contribution is -2.43. The van der Waals surface area contributed by atoms with Gasteiger partial charge in [0.05, 0.1) is 21.9 Å². The summed E-state index contributed by atoms with van der Waals surface area (Å²) in [4.78, 5) is 21.3.